The summed E-state index contributed by atoms with van der Waals surface area (Å²) in [6.45, 7) is 2.07. The van der Waals surface area contributed by atoms with Crippen LogP contribution in [0.4, 0.5) is 5.69 Å². The topological polar surface area (TPSA) is 117 Å². The van der Waals surface area contributed by atoms with E-state index in [0.29, 0.717) is 0 Å². The molecule has 0 aromatic heterocycles. The fraction of sp³-hybridized carbons (Fsp3) is 0.250. The number of anilines is 1. The largest absolute Gasteiger partial charge is 0.370 e. The van der Waals surface area contributed by atoms with Crippen LogP contribution in [0.15, 0.2) is 29.3 Å². The summed E-state index contributed by atoms with van der Waals surface area (Å²) in [5.41, 5.74) is 12.2. The second-order valence-electron chi connectivity index (χ2n) is 3.73. The number of amidine groups is 1. The molecule has 0 unspecified atom stereocenters. The predicted octanol–water partition coefficient (Wildman–Crippen LogP) is 1.13. The smallest absolute Gasteiger partial charge is 0.234 e. The van der Waals surface area contributed by atoms with Crippen molar-refractivity contribution in [1.82, 2.24) is 0 Å². The molecule has 0 aliphatic carbocycles. The fourth-order valence-electron chi connectivity index (χ4n) is 1.30. The minimum absolute atomic E-state index is 0.0866. The van der Waals surface area contributed by atoms with Crippen molar-refractivity contribution in [2.24, 2.45) is 16.5 Å². The summed E-state index contributed by atoms with van der Waals surface area (Å²) in [4.78, 5) is 15.1. The van der Waals surface area contributed by atoms with Crippen molar-refractivity contribution >= 4 is 34.5 Å². The van der Waals surface area contributed by atoms with Crippen LogP contribution in [-0.2, 0) is 11.2 Å². The first kappa shape index (κ1) is 15.0. The highest BCUT2D eigenvalue weighted by Gasteiger charge is 2.05. The number of rotatable bonds is 4. The molecule has 0 radical (unpaired) electrons. The molecule has 7 heteroatoms. The van der Waals surface area contributed by atoms with Crippen molar-refractivity contribution < 1.29 is 4.79 Å². The maximum absolute atomic E-state index is 11.6. The number of nitrogens with one attached hydrogen (secondary N) is 2. The highest BCUT2D eigenvalue weighted by molar-refractivity contribution is 8.14. The van der Waals surface area contributed by atoms with Gasteiger partial charge in [0.05, 0.1) is 5.75 Å². The van der Waals surface area contributed by atoms with E-state index in [0.717, 1.165) is 23.9 Å². The number of carbonyl (C=O) groups excluding carboxylic acids is 1. The number of thioether (sulfide) groups is 1. The van der Waals surface area contributed by atoms with Crippen LogP contribution in [0.3, 0.4) is 0 Å². The summed E-state index contributed by atoms with van der Waals surface area (Å²) in [5.74, 6) is -0.302. The van der Waals surface area contributed by atoms with Gasteiger partial charge in [-0.15, -0.1) is 0 Å². The van der Waals surface area contributed by atoms with Crippen LogP contribution in [0, 0.1) is 5.41 Å². The lowest BCUT2D eigenvalue weighted by atomic mass is 10.1. The molecule has 6 nitrogen and oxygen atoms in total. The molecule has 1 aromatic rings. The molecule has 0 aliphatic rings. The SMILES string of the molecule is CCc1ccc(NC(=O)CSC(=N)N=C(N)N)cc1. The number of aryl methyl sites for hydroxylation is 1. The van der Waals surface area contributed by atoms with Crippen LogP contribution < -0.4 is 16.8 Å². The minimum Gasteiger partial charge on any atom is -0.370 e. The van der Waals surface area contributed by atoms with Crippen LogP contribution >= 0.6 is 11.8 Å². The number of aliphatic imine (C=N–C) groups is 1. The number of nitrogens with two attached hydrogens (primary N) is 2. The van der Waals surface area contributed by atoms with Crippen molar-refractivity contribution in [3.63, 3.8) is 0 Å². The van der Waals surface area contributed by atoms with Gasteiger partial charge in [-0.25, -0.2) is 0 Å². The molecule has 6 N–H and O–H groups in total. The van der Waals surface area contributed by atoms with Gasteiger partial charge in [0.1, 0.15) is 0 Å². The number of hydrogen-bond acceptors (Lipinski definition) is 3. The number of carbonyl (C=O) groups is 1. The molecule has 0 spiro atoms. The number of nitrogens with zero attached hydrogens (tertiary/aromatic N) is 1. The van der Waals surface area contributed by atoms with Crippen LogP contribution in [-0.4, -0.2) is 22.8 Å². The highest BCUT2D eigenvalue weighted by atomic mass is 32.2. The third kappa shape index (κ3) is 5.91. The first-order valence-corrected chi connectivity index (χ1v) is 6.69. The lowest BCUT2D eigenvalue weighted by Gasteiger charge is -2.05. The number of amides is 1. The van der Waals surface area contributed by atoms with Gasteiger partial charge >= 0.3 is 0 Å². The maximum Gasteiger partial charge on any atom is 0.234 e. The summed E-state index contributed by atoms with van der Waals surface area (Å²) in [7, 11) is 0. The summed E-state index contributed by atoms with van der Waals surface area (Å²) >= 11 is 0.964. The molecule has 102 valence electrons. The average molecular weight is 279 g/mol. The Morgan fingerprint density at radius 1 is 1.37 bits per heavy atom. The predicted molar refractivity (Wildman–Crippen MR) is 80.4 cm³/mol. The Balaban J connectivity index is 2.42. The van der Waals surface area contributed by atoms with E-state index >= 15 is 0 Å². The zero-order valence-electron chi connectivity index (χ0n) is 10.6. The van der Waals surface area contributed by atoms with Crippen molar-refractivity contribution in [1.29, 1.82) is 5.41 Å². The third-order valence-electron chi connectivity index (χ3n) is 2.22. The molecule has 0 heterocycles. The van der Waals surface area contributed by atoms with Gasteiger partial charge in [-0.2, -0.15) is 4.99 Å². The van der Waals surface area contributed by atoms with Crippen molar-refractivity contribution in [2.75, 3.05) is 11.1 Å². The molecule has 0 fully saturated rings. The van der Waals surface area contributed by atoms with E-state index in [1.54, 1.807) is 0 Å². The monoisotopic (exact) mass is 279 g/mol. The molecule has 1 amide bonds. The van der Waals surface area contributed by atoms with Gasteiger partial charge in [0, 0.05) is 5.69 Å². The zero-order valence-corrected chi connectivity index (χ0v) is 11.5. The molecule has 0 atom stereocenters. The first-order valence-electron chi connectivity index (χ1n) is 5.71. The fourth-order valence-corrected chi connectivity index (χ4v) is 1.81. The van der Waals surface area contributed by atoms with Gasteiger partial charge in [-0.05, 0) is 24.1 Å². The standard InChI is InChI=1S/C12H17N5OS/c1-2-8-3-5-9(6-4-8)16-10(18)7-19-12(15)17-11(13)14/h3-6H,2,7H2,1H3,(H,16,18)(H5,13,14,15,17). The molecular weight excluding hydrogens is 262 g/mol. The van der Waals surface area contributed by atoms with E-state index in [4.69, 9.17) is 16.9 Å². The van der Waals surface area contributed by atoms with Crippen LogP contribution in [0.1, 0.15) is 12.5 Å². The van der Waals surface area contributed by atoms with Gasteiger partial charge in [-0.1, -0.05) is 30.8 Å². The molecule has 1 rings (SSSR count). The van der Waals surface area contributed by atoms with Crippen LogP contribution in [0.2, 0.25) is 0 Å². The first-order chi connectivity index (χ1) is 9.01. The van der Waals surface area contributed by atoms with E-state index in [1.807, 2.05) is 24.3 Å². The maximum atomic E-state index is 11.6. The Morgan fingerprint density at radius 2 is 2.00 bits per heavy atom. The lowest BCUT2D eigenvalue weighted by molar-refractivity contribution is -0.113. The van der Waals surface area contributed by atoms with Gasteiger partial charge in [0.15, 0.2) is 11.1 Å². The van der Waals surface area contributed by atoms with Gasteiger partial charge in [0.2, 0.25) is 5.91 Å². The van der Waals surface area contributed by atoms with E-state index in [9.17, 15) is 4.79 Å². The minimum atomic E-state index is -0.204. The van der Waals surface area contributed by atoms with E-state index in [-0.39, 0.29) is 22.8 Å². The van der Waals surface area contributed by atoms with Gasteiger partial charge in [-0.3, -0.25) is 10.2 Å². The average Bonchev–Trinajstić information content (AvgIpc) is 2.36. The van der Waals surface area contributed by atoms with Crippen molar-refractivity contribution in [3.8, 4) is 0 Å². The summed E-state index contributed by atoms with van der Waals surface area (Å²) in [6.07, 6.45) is 0.958. The number of benzene rings is 1. The summed E-state index contributed by atoms with van der Waals surface area (Å²) < 4.78 is 0. The second kappa shape index (κ2) is 7.42. The number of hydrogen-bond donors (Lipinski definition) is 4. The lowest BCUT2D eigenvalue weighted by Crippen LogP contribution is -2.24. The molecule has 0 aliphatic heterocycles. The van der Waals surface area contributed by atoms with Crippen LogP contribution in [0.25, 0.3) is 0 Å². The quantitative estimate of drug-likeness (QED) is 0.488. The summed E-state index contributed by atoms with van der Waals surface area (Å²) in [5, 5.41) is 10.0. The van der Waals surface area contributed by atoms with Crippen LogP contribution in [0.5, 0.6) is 0 Å². The molecule has 19 heavy (non-hydrogen) atoms. The van der Waals surface area contributed by atoms with E-state index in [2.05, 4.69) is 17.2 Å². The Morgan fingerprint density at radius 3 is 2.53 bits per heavy atom. The molecule has 0 saturated carbocycles. The highest BCUT2D eigenvalue weighted by Crippen LogP contribution is 2.11. The third-order valence-corrected chi connectivity index (χ3v) is 2.99. The molecule has 0 saturated heterocycles. The Labute approximate surface area is 116 Å². The van der Waals surface area contributed by atoms with E-state index in [1.165, 1.54) is 5.56 Å². The van der Waals surface area contributed by atoms with Crippen molar-refractivity contribution in [3.05, 3.63) is 29.8 Å². The molecule has 1 aromatic carbocycles. The second-order valence-corrected chi connectivity index (χ2v) is 4.69. The molecule has 0 bridgehead atoms. The Kier molecular flexibility index (Phi) is 5.87. The normalized spacial score (nSPS) is 9.74. The van der Waals surface area contributed by atoms with Gasteiger partial charge < -0.3 is 16.8 Å². The van der Waals surface area contributed by atoms with Gasteiger partial charge in [0.25, 0.3) is 0 Å². The van der Waals surface area contributed by atoms with Crippen molar-refractivity contribution in [2.45, 2.75) is 13.3 Å². The number of guanidine groups is 1. The Bertz CT molecular complexity index is 479. The molecular formula is C12H17N5OS. The van der Waals surface area contributed by atoms with E-state index < -0.39 is 0 Å². The summed E-state index contributed by atoms with van der Waals surface area (Å²) in [6, 6.07) is 7.62. The Hall–Kier alpha value is -2.02. The zero-order chi connectivity index (χ0) is 14.3.